The summed E-state index contributed by atoms with van der Waals surface area (Å²) in [5, 5.41) is 25.5. The second-order valence-corrected chi connectivity index (χ2v) is 9.13. The molecule has 9 nitrogen and oxygen atoms in total. The van der Waals surface area contributed by atoms with Crippen LogP contribution in [0.4, 0.5) is 0 Å². The minimum Gasteiger partial charge on any atom is -0.494 e. The Bertz CT molecular complexity index is 598. The Morgan fingerprint density at radius 1 is 0.750 bits per heavy atom. The second kappa shape index (κ2) is 13.4. The molecule has 0 aliphatic carbocycles. The maximum absolute atomic E-state index is 6.68. The van der Waals surface area contributed by atoms with E-state index in [0.717, 1.165) is 90.8 Å². The van der Waals surface area contributed by atoms with E-state index in [-0.39, 0.29) is 11.1 Å². The van der Waals surface area contributed by atoms with Crippen LogP contribution in [-0.4, -0.2) is 96.2 Å². The third kappa shape index (κ3) is 8.57. The molecule has 0 radical (unpaired) electrons. The highest BCUT2D eigenvalue weighted by atomic mass is 16.5. The summed E-state index contributed by atoms with van der Waals surface area (Å²) in [5.74, 6) is 0.921. The van der Waals surface area contributed by atoms with Crippen molar-refractivity contribution in [1.29, 1.82) is 0 Å². The number of benzene rings is 1. The van der Waals surface area contributed by atoms with E-state index >= 15 is 0 Å². The fourth-order valence-electron chi connectivity index (χ4n) is 4.25. The molecule has 4 rings (SSSR count). The number of fused-ring (bicyclic) bond motifs is 15. The van der Waals surface area contributed by atoms with Gasteiger partial charge in [0.15, 0.2) is 0 Å². The van der Waals surface area contributed by atoms with Crippen LogP contribution in [0.25, 0.3) is 0 Å². The van der Waals surface area contributed by atoms with Gasteiger partial charge in [-0.25, -0.2) is 0 Å². The number of hydrogen-bond donors (Lipinski definition) is 8. The molecule has 9 heteroatoms. The fraction of sp³-hybridized carbons (Fsp3) is 0.739. The summed E-state index contributed by atoms with van der Waals surface area (Å²) in [6.45, 7) is 13.9. The lowest BCUT2D eigenvalue weighted by atomic mass is 9.97. The first kappa shape index (κ1) is 25.3. The van der Waals surface area contributed by atoms with Gasteiger partial charge in [0, 0.05) is 85.1 Å². The molecule has 3 fully saturated rings. The van der Waals surface area contributed by atoms with E-state index in [4.69, 9.17) is 10.5 Å². The fourth-order valence-corrected chi connectivity index (χ4v) is 4.25. The molecule has 0 aromatic heterocycles. The first-order valence-corrected chi connectivity index (χ1v) is 12.1. The Kier molecular flexibility index (Phi) is 10.6. The molecule has 0 unspecified atom stereocenters. The van der Waals surface area contributed by atoms with Crippen molar-refractivity contribution in [1.82, 2.24) is 37.2 Å². The Morgan fingerprint density at radius 3 is 1.62 bits per heavy atom. The van der Waals surface area contributed by atoms with Crippen LogP contribution in [0.15, 0.2) is 24.3 Å². The van der Waals surface area contributed by atoms with Crippen LogP contribution in [0.3, 0.4) is 0 Å². The lowest BCUT2D eigenvalue weighted by Crippen LogP contribution is -2.66. The van der Waals surface area contributed by atoms with Crippen LogP contribution in [0.2, 0.25) is 0 Å². The summed E-state index contributed by atoms with van der Waals surface area (Å²) in [5.41, 5.74) is 7.53. The lowest BCUT2D eigenvalue weighted by molar-refractivity contribution is 0.269. The smallest absolute Gasteiger partial charge is 0.119 e. The van der Waals surface area contributed by atoms with Gasteiger partial charge in [0.25, 0.3) is 0 Å². The summed E-state index contributed by atoms with van der Waals surface area (Å²) in [4.78, 5) is 0. The zero-order valence-electron chi connectivity index (χ0n) is 19.7. The number of rotatable bonds is 5. The highest BCUT2D eigenvalue weighted by Crippen LogP contribution is 2.13. The van der Waals surface area contributed by atoms with Gasteiger partial charge in [-0.05, 0) is 24.6 Å². The molecular formula is C23H44N8O. The van der Waals surface area contributed by atoms with Gasteiger partial charge in [0.2, 0.25) is 0 Å². The molecule has 0 spiro atoms. The van der Waals surface area contributed by atoms with Gasteiger partial charge in [-0.1, -0.05) is 12.1 Å². The van der Waals surface area contributed by atoms with Crippen LogP contribution in [0, 0.1) is 0 Å². The molecule has 3 saturated heterocycles. The minimum atomic E-state index is -0.294. The molecule has 9 N–H and O–H groups in total. The molecule has 3 aliphatic heterocycles. The van der Waals surface area contributed by atoms with Crippen molar-refractivity contribution in [2.24, 2.45) is 5.73 Å². The summed E-state index contributed by atoms with van der Waals surface area (Å²) < 4.78 is 5.58. The predicted octanol–water partition coefficient (Wildman–Crippen LogP) is -1.82. The first-order valence-electron chi connectivity index (χ1n) is 12.1. The van der Waals surface area contributed by atoms with Crippen LogP contribution in [0.5, 0.6) is 5.75 Å². The summed E-state index contributed by atoms with van der Waals surface area (Å²) in [6.07, 6.45) is 0. The third-order valence-electron chi connectivity index (χ3n) is 6.16. The van der Waals surface area contributed by atoms with E-state index < -0.39 is 0 Å². The van der Waals surface area contributed by atoms with Gasteiger partial charge in [0.05, 0.1) is 17.7 Å². The molecule has 0 amide bonds. The van der Waals surface area contributed by atoms with Crippen LogP contribution < -0.4 is 47.7 Å². The zero-order chi connectivity index (χ0) is 22.5. The monoisotopic (exact) mass is 448 g/mol. The van der Waals surface area contributed by atoms with Crippen molar-refractivity contribution in [2.75, 3.05) is 85.1 Å². The quantitative estimate of drug-likeness (QED) is 0.263. The molecule has 1 aromatic rings. The minimum absolute atomic E-state index is 0.107. The van der Waals surface area contributed by atoms with Crippen molar-refractivity contribution in [2.45, 2.75) is 24.5 Å². The Morgan fingerprint density at radius 2 is 1.19 bits per heavy atom. The van der Waals surface area contributed by atoms with Gasteiger partial charge >= 0.3 is 0 Å². The number of nitrogens with one attached hydrogen (secondary N) is 7. The average molecular weight is 449 g/mol. The summed E-state index contributed by atoms with van der Waals surface area (Å²) in [7, 11) is 0. The highest BCUT2D eigenvalue weighted by Gasteiger charge is 2.30. The summed E-state index contributed by atoms with van der Waals surface area (Å²) >= 11 is 0. The van der Waals surface area contributed by atoms with Crippen molar-refractivity contribution < 1.29 is 4.74 Å². The van der Waals surface area contributed by atoms with E-state index in [9.17, 15) is 0 Å². The van der Waals surface area contributed by atoms with Gasteiger partial charge in [0.1, 0.15) is 5.75 Å². The van der Waals surface area contributed by atoms with E-state index in [0.29, 0.717) is 6.61 Å². The largest absolute Gasteiger partial charge is 0.494 e. The van der Waals surface area contributed by atoms with Crippen LogP contribution in [-0.2, 0) is 6.54 Å². The molecule has 32 heavy (non-hydrogen) atoms. The molecule has 3 heterocycles. The normalized spacial score (nSPS) is 29.2. The number of hydrogen-bond acceptors (Lipinski definition) is 9. The van der Waals surface area contributed by atoms with Crippen molar-refractivity contribution in [3.8, 4) is 5.75 Å². The molecule has 182 valence electrons. The zero-order valence-corrected chi connectivity index (χ0v) is 19.7. The lowest BCUT2D eigenvalue weighted by Gasteiger charge is -2.37. The average Bonchev–Trinajstić information content (AvgIpc) is 2.80. The van der Waals surface area contributed by atoms with Crippen LogP contribution >= 0.6 is 0 Å². The van der Waals surface area contributed by atoms with Crippen molar-refractivity contribution in [3.63, 3.8) is 0 Å². The molecule has 2 bridgehead atoms. The second-order valence-electron chi connectivity index (χ2n) is 9.13. The Balaban J connectivity index is 1.68. The first-order chi connectivity index (χ1) is 15.6. The van der Waals surface area contributed by atoms with Gasteiger partial charge in [-0.15, -0.1) is 0 Å². The molecule has 1 aromatic carbocycles. The Hall–Kier alpha value is -1.30. The summed E-state index contributed by atoms with van der Waals surface area (Å²) in [6, 6.07) is 8.39. The van der Waals surface area contributed by atoms with Crippen molar-refractivity contribution in [3.05, 3.63) is 29.8 Å². The van der Waals surface area contributed by atoms with Gasteiger partial charge in [-0.2, -0.15) is 0 Å². The van der Waals surface area contributed by atoms with Gasteiger partial charge in [-0.3, -0.25) is 0 Å². The molecular weight excluding hydrogens is 404 g/mol. The maximum Gasteiger partial charge on any atom is 0.119 e. The maximum atomic E-state index is 6.68. The van der Waals surface area contributed by atoms with Crippen LogP contribution in [0.1, 0.15) is 12.5 Å². The SMILES string of the molecule is CCOc1ccc(CNC23CNCCNCC(N)(CNCCNC2)CNCCNC3)cc1. The van der Waals surface area contributed by atoms with E-state index in [1.807, 2.05) is 19.1 Å². The number of ether oxygens (including phenoxy) is 1. The number of nitrogens with two attached hydrogens (primary N) is 1. The molecule has 3 aliphatic rings. The predicted molar refractivity (Wildman–Crippen MR) is 131 cm³/mol. The van der Waals surface area contributed by atoms with Gasteiger partial charge < -0.3 is 47.7 Å². The van der Waals surface area contributed by atoms with E-state index in [2.05, 4.69) is 49.4 Å². The standard InChI is InChI=1S/C23H44N8O/c1-2-32-21-5-3-20(4-6-21)13-31-23-17-28-10-7-25-14-22(24,15-26-8-11-29-18-23)16-27-9-12-30-19-23/h3-6,25-31H,2,7-19,24H2,1H3. The van der Waals surface area contributed by atoms with E-state index in [1.165, 1.54) is 5.56 Å². The topological polar surface area (TPSA) is 119 Å². The Labute approximate surface area is 193 Å². The molecule has 0 atom stereocenters. The van der Waals surface area contributed by atoms with E-state index in [1.54, 1.807) is 0 Å². The third-order valence-corrected chi connectivity index (χ3v) is 6.16. The molecule has 0 saturated carbocycles. The highest BCUT2D eigenvalue weighted by molar-refractivity contribution is 5.27. The van der Waals surface area contributed by atoms with Crippen molar-refractivity contribution >= 4 is 0 Å².